The Balaban J connectivity index is 2.62. The minimum absolute atomic E-state index is 0.0534. The van der Waals surface area contributed by atoms with Crippen LogP contribution in [0.3, 0.4) is 0 Å². The number of aromatic amines is 1. The number of benzene rings is 1. The van der Waals surface area contributed by atoms with E-state index in [0.717, 1.165) is 0 Å². The third-order valence-electron chi connectivity index (χ3n) is 3.60. The zero-order chi connectivity index (χ0) is 15.6. The Labute approximate surface area is 120 Å². The van der Waals surface area contributed by atoms with Crippen molar-refractivity contribution in [3.63, 3.8) is 0 Å². The smallest absolute Gasteiger partial charge is 0.153 e. The first-order valence-corrected chi connectivity index (χ1v) is 6.36. The Hall–Kier alpha value is -1.77. The van der Waals surface area contributed by atoms with Gasteiger partial charge in [-0.05, 0) is 6.07 Å². The average molecular weight is 295 g/mol. The number of aliphatic hydroxyl groups excluding tert-OH is 4. The zero-order valence-electron chi connectivity index (χ0n) is 11.0. The number of fused-ring (bicyclic) bond motifs is 1. The van der Waals surface area contributed by atoms with E-state index in [1.165, 1.54) is 6.20 Å². The van der Waals surface area contributed by atoms with E-state index in [0.29, 0.717) is 10.9 Å². The van der Waals surface area contributed by atoms with Crippen LogP contribution in [-0.4, -0.2) is 61.7 Å². The van der Waals surface area contributed by atoms with Gasteiger partial charge in [-0.25, -0.2) is 0 Å². The second-order valence-corrected chi connectivity index (χ2v) is 4.85. The number of H-pyrrole nitrogens is 1. The van der Waals surface area contributed by atoms with Crippen LogP contribution in [0, 0.1) is 0 Å². The van der Waals surface area contributed by atoms with Gasteiger partial charge in [0.15, 0.2) is 11.9 Å². The quantitative estimate of drug-likeness (QED) is 0.364. The summed E-state index contributed by atoms with van der Waals surface area (Å²) in [6.07, 6.45) is -4.26. The summed E-state index contributed by atoms with van der Waals surface area (Å²) in [5, 5.41) is 49.6. The third-order valence-corrected chi connectivity index (χ3v) is 3.60. The van der Waals surface area contributed by atoms with Gasteiger partial charge in [0.05, 0.1) is 6.61 Å². The summed E-state index contributed by atoms with van der Waals surface area (Å²) in [4.78, 5) is 13.8. The maximum atomic E-state index is 10.9. The van der Waals surface area contributed by atoms with Crippen molar-refractivity contribution in [2.75, 3.05) is 6.61 Å². The van der Waals surface area contributed by atoms with Crippen LogP contribution in [0.15, 0.2) is 30.5 Å². The third kappa shape index (κ3) is 2.45. The first-order chi connectivity index (χ1) is 9.96. The highest BCUT2D eigenvalue weighted by Gasteiger charge is 2.48. The molecule has 0 aliphatic heterocycles. The van der Waals surface area contributed by atoms with Crippen LogP contribution in [-0.2, 0) is 10.4 Å². The first kappa shape index (κ1) is 15.6. The molecule has 6 N–H and O–H groups in total. The molecule has 1 aromatic carbocycles. The van der Waals surface area contributed by atoms with Crippen molar-refractivity contribution >= 4 is 17.2 Å². The summed E-state index contributed by atoms with van der Waals surface area (Å²) in [6, 6.07) is 6.77. The van der Waals surface area contributed by atoms with E-state index < -0.39 is 30.5 Å². The van der Waals surface area contributed by atoms with Gasteiger partial charge in [0.25, 0.3) is 0 Å². The van der Waals surface area contributed by atoms with Crippen LogP contribution in [0.4, 0.5) is 0 Å². The Morgan fingerprint density at radius 2 is 1.90 bits per heavy atom. The van der Waals surface area contributed by atoms with Crippen molar-refractivity contribution in [1.29, 1.82) is 0 Å². The standard InChI is InChI=1S/C14H17NO6/c16-6-11(18)13(20)14(21,12(19)7-17)9-5-15-10-4-2-1-3-8(9)10/h1-5,7,11-13,15-16,18-21H,6H2/t11-,12+,13-,14-/m1/s1. The fraction of sp³-hybridized carbons (Fsp3) is 0.357. The first-order valence-electron chi connectivity index (χ1n) is 6.36. The van der Waals surface area contributed by atoms with Crippen LogP contribution >= 0.6 is 0 Å². The SMILES string of the molecule is O=C[C@H](O)[C@](O)(c1c[nH]c2ccccc12)[C@H](O)[C@H](O)CO. The number of hydrogen-bond acceptors (Lipinski definition) is 6. The lowest BCUT2D eigenvalue weighted by Gasteiger charge is -2.36. The van der Waals surface area contributed by atoms with Gasteiger partial charge in [-0.1, -0.05) is 18.2 Å². The molecule has 0 spiro atoms. The van der Waals surface area contributed by atoms with Crippen molar-refractivity contribution in [3.8, 4) is 0 Å². The second kappa shape index (κ2) is 5.92. The topological polar surface area (TPSA) is 134 Å². The zero-order valence-corrected chi connectivity index (χ0v) is 11.0. The number of rotatable bonds is 6. The Kier molecular flexibility index (Phi) is 4.40. The maximum absolute atomic E-state index is 10.9. The number of carbonyl (C=O) groups is 1. The maximum Gasteiger partial charge on any atom is 0.153 e. The van der Waals surface area contributed by atoms with Gasteiger partial charge in [0, 0.05) is 22.7 Å². The Morgan fingerprint density at radius 1 is 1.24 bits per heavy atom. The molecular formula is C14H17NO6. The van der Waals surface area contributed by atoms with Crippen molar-refractivity contribution < 1.29 is 30.3 Å². The van der Waals surface area contributed by atoms with E-state index in [-0.39, 0.29) is 11.8 Å². The minimum atomic E-state index is -2.45. The van der Waals surface area contributed by atoms with Crippen LogP contribution in [0.2, 0.25) is 0 Å². The normalized spacial score (nSPS) is 18.9. The molecule has 0 radical (unpaired) electrons. The van der Waals surface area contributed by atoms with Gasteiger partial charge >= 0.3 is 0 Å². The van der Waals surface area contributed by atoms with Gasteiger partial charge in [-0.2, -0.15) is 0 Å². The molecule has 21 heavy (non-hydrogen) atoms. The van der Waals surface area contributed by atoms with Crippen LogP contribution < -0.4 is 0 Å². The fourth-order valence-corrected chi connectivity index (χ4v) is 2.39. The predicted molar refractivity (Wildman–Crippen MR) is 73.4 cm³/mol. The molecule has 0 saturated carbocycles. The molecular weight excluding hydrogens is 278 g/mol. The van der Waals surface area contributed by atoms with Crippen molar-refractivity contribution in [1.82, 2.24) is 4.98 Å². The number of carbonyl (C=O) groups excluding carboxylic acids is 1. The molecule has 0 unspecified atom stereocenters. The van der Waals surface area contributed by atoms with E-state index >= 15 is 0 Å². The van der Waals surface area contributed by atoms with Crippen LogP contribution in [0.25, 0.3) is 10.9 Å². The van der Waals surface area contributed by atoms with Gasteiger partial charge in [0.1, 0.15) is 18.3 Å². The number of aliphatic hydroxyl groups is 5. The molecule has 2 rings (SSSR count). The van der Waals surface area contributed by atoms with Gasteiger partial charge in [0.2, 0.25) is 0 Å². The van der Waals surface area contributed by atoms with Crippen molar-refractivity contribution in [3.05, 3.63) is 36.0 Å². The molecule has 114 valence electrons. The number of aromatic nitrogens is 1. The van der Waals surface area contributed by atoms with Gasteiger partial charge < -0.3 is 35.3 Å². The summed E-state index contributed by atoms with van der Waals surface area (Å²) in [6.45, 7) is -0.836. The molecule has 0 aliphatic carbocycles. The molecule has 2 aromatic rings. The van der Waals surface area contributed by atoms with Crippen LogP contribution in [0.5, 0.6) is 0 Å². The molecule has 7 nitrogen and oxygen atoms in total. The average Bonchev–Trinajstić information content (AvgIpc) is 2.96. The Bertz CT molecular complexity index is 627. The highest BCUT2D eigenvalue weighted by molar-refractivity contribution is 5.85. The highest BCUT2D eigenvalue weighted by Crippen LogP contribution is 2.35. The molecule has 0 saturated heterocycles. The number of aldehydes is 1. The van der Waals surface area contributed by atoms with E-state index in [4.69, 9.17) is 5.11 Å². The lowest BCUT2D eigenvalue weighted by Crippen LogP contribution is -2.55. The summed E-state index contributed by atoms with van der Waals surface area (Å²) in [7, 11) is 0. The molecule has 0 fully saturated rings. The van der Waals surface area contributed by atoms with E-state index in [1.807, 2.05) is 0 Å². The highest BCUT2D eigenvalue weighted by atomic mass is 16.4. The second-order valence-electron chi connectivity index (χ2n) is 4.85. The summed E-state index contributed by atoms with van der Waals surface area (Å²) >= 11 is 0. The molecule has 0 aliphatic rings. The lowest BCUT2D eigenvalue weighted by atomic mass is 9.81. The van der Waals surface area contributed by atoms with E-state index in [2.05, 4.69) is 4.98 Å². The number of nitrogens with one attached hydrogen (secondary N) is 1. The Morgan fingerprint density at radius 3 is 2.52 bits per heavy atom. The summed E-state index contributed by atoms with van der Waals surface area (Å²) in [5.41, 5.74) is -1.78. The van der Waals surface area contributed by atoms with Gasteiger partial charge in [-0.15, -0.1) is 0 Å². The fourth-order valence-electron chi connectivity index (χ4n) is 2.39. The monoisotopic (exact) mass is 295 g/mol. The summed E-state index contributed by atoms with van der Waals surface area (Å²) in [5.74, 6) is 0. The molecule has 1 heterocycles. The van der Waals surface area contributed by atoms with E-state index in [9.17, 15) is 25.2 Å². The minimum Gasteiger partial charge on any atom is -0.394 e. The molecule has 0 bridgehead atoms. The molecule has 1 aromatic heterocycles. The number of para-hydroxylation sites is 1. The molecule has 0 amide bonds. The number of hydrogen-bond donors (Lipinski definition) is 6. The van der Waals surface area contributed by atoms with Gasteiger partial charge in [-0.3, -0.25) is 0 Å². The molecule has 4 atom stereocenters. The summed E-state index contributed by atoms with van der Waals surface area (Å²) < 4.78 is 0. The predicted octanol–water partition coefficient (Wildman–Crippen LogP) is -1.37. The molecule has 7 heteroatoms. The van der Waals surface area contributed by atoms with Crippen molar-refractivity contribution in [2.24, 2.45) is 0 Å². The van der Waals surface area contributed by atoms with Crippen molar-refractivity contribution in [2.45, 2.75) is 23.9 Å². The lowest BCUT2D eigenvalue weighted by molar-refractivity contribution is -0.186. The largest absolute Gasteiger partial charge is 0.394 e. The van der Waals surface area contributed by atoms with Crippen LogP contribution in [0.1, 0.15) is 5.56 Å². The van der Waals surface area contributed by atoms with E-state index in [1.54, 1.807) is 24.3 Å².